The first-order chi connectivity index (χ1) is 7.36. The van der Waals surface area contributed by atoms with Crippen molar-refractivity contribution in [1.82, 2.24) is 5.43 Å². The molecule has 3 N–H and O–H groups in total. The average molecular weight is 204 g/mol. The number of rotatable bonds is 5. The summed E-state index contributed by atoms with van der Waals surface area (Å²) in [4.78, 5) is 0. The molecule has 2 heteroatoms. The predicted octanol–water partition coefficient (Wildman–Crippen LogP) is 2.42. The molecule has 1 aliphatic carbocycles. The summed E-state index contributed by atoms with van der Waals surface area (Å²) in [5.41, 5.74) is 4.43. The van der Waals surface area contributed by atoms with Crippen molar-refractivity contribution in [2.75, 3.05) is 0 Å². The molecule has 0 aromatic heterocycles. The van der Waals surface area contributed by atoms with Crippen molar-refractivity contribution < 1.29 is 0 Å². The summed E-state index contributed by atoms with van der Waals surface area (Å²) >= 11 is 0. The second-order valence-corrected chi connectivity index (χ2v) is 4.46. The van der Waals surface area contributed by atoms with Crippen molar-refractivity contribution in [2.24, 2.45) is 11.8 Å². The van der Waals surface area contributed by atoms with E-state index in [1.54, 1.807) is 0 Å². The summed E-state index contributed by atoms with van der Waals surface area (Å²) in [6.07, 6.45) is 3.81. The van der Waals surface area contributed by atoms with E-state index in [2.05, 4.69) is 42.7 Å². The van der Waals surface area contributed by atoms with Gasteiger partial charge in [0.25, 0.3) is 0 Å². The van der Waals surface area contributed by atoms with Gasteiger partial charge in [-0.25, -0.2) is 0 Å². The van der Waals surface area contributed by atoms with Crippen LogP contribution < -0.4 is 11.3 Å². The molecule has 1 aromatic rings. The molecule has 0 heterocycles. The van der Waals surface area contributed by atoms with Crippen molar-refractivity contribution in [1.29, 1.82) is 0 Å². The zero-order valence-electron chi connectivity index (χ0n) is 9.32. The average Bonchev–Trinajstić information content (AvgIpc) is 3.11. The largest absolute Gasteiger partial charge is 0.271 e. The third-order valence-electron chi connectivity index (χ3n) is 3.42. The van der Waals surface area contributed by atoms with E-state index in [4.69, 9.17) is 5.84 Å². The highest BCUT2D eigenvalue weighted by Crippen LogP contribution is 2.39. The highest BCUT2D eigenvalue weighted by molar-refractivity contribution is 5.22. The molecule has 0 aliphatic heterocycles. The van der Waals surface area contributed by atoms with Crippen molar-refractivity contribution in [3.63, 3.8) is 0 Å². The number of benzene rings is 1. The Balaban J connectivity index is 2.15. The Labute approximate surface area is 91.8 Å². The van der Waals surface area contributed by atoms with Gasteiger partial charge in [0, 0.05) is 12.0 Å². The Morgan fingerprint density at radius 3 is 2.47 bits per heavy atom. The topological polar surface area (TPSA) is 38.0 Å². The summed E-state index contributed by atoms with van der Waals surface area (Å²) in [6, 6.07) is 11.2. The first-order valence-corrected chi connectivity index (χ1v) is 5.88. The van der Waals surface area contributed by atoms with E-state index in [0.29, 0.717) is 12.0 Å². The van der Waals surface area contributed by atoms with E-state index in [-0.39, 0.29) is 0 Å². The third kappa shape index (κ3) is 2.39. The fourth-order valence-electron chi connectivity index (χ4n) is 2.43. The SMILES string of the molecule is CCC(c1ccccc1)C(NN)C1CC1. The van der Waals surface area contributed by atoms with Gasteiger partial charge >= 0.3 is 0 Å². The van der Waals surface area contributed by atoms with Gasteiger partial charge in [0.15, 0.2) is 0 Å². The molecule has 1 aliphatic rings. The highest BCUT2D eigenvalue weighted by Gasteiger charge is 2.35. The lowest BCUT2D eigenvalue weighted by atomic mass is 9.87. The van der Waals surface area contributed by atoms with Crippen LogP contribution in [0.5, 0.6) is 0 Å². The van der Waals surface area contributed by atoms with Crippen molar-refractivity contribution in [2.45, 2.75) is 38.1 Å². The van der Waals surface area contributed by atoms with Crippen LogP contribution in [0.4, 0.5) is 0 Å². The van der Waals surface area contributed by atoms with Gasteiger partial charge in [-0.1, -0.05) is 37.3 Å². The Morgan fingerprint density at radius 2 is 2.00 bits per heavy atom. The molecule has 2 rings (SSSR count). The molecule has 0 saturated heterocycles. The van der Waals surface area contributed by atoms with Crippen molar-refractivity contribution in [3.8, 4) is 0 Å². The monoisotopic (exact) mass is 204 g/mol. The lowest BCUT2D eigenvalue weighted by molar-refractivity contribution is 0.389. The van der Waals surface area contributed by atoms with Gasteiger partial charge in [0.2, 0.25) is 0 Å². The van der Waals surface area contributed by atoms with E-state index < -0.39 is 0 Å². The Hall–Kier alpha value is -0.860. The summed E-state index contributed by atoms with van der Waals surface area (Å²) in [5.74, 6) is 7.03. The Morgan fingerprint density at radius 1 is 1.33 bits per heavy atom. The molecule has 1 saturated carbocycles. The molecule has 82 valence electrons. The number of nitrogens with two attached hydrogens (primary N) is 1. The molecule has 2 nitrogen and oxygen atoms in total. The molecule has 2 unspecified atom stereocenters. The van der Waals surface area contributed by atoms with Crippen molar-refractivity contribution in [3.05, 3.63) is 35.9 Å². The van der Waals surface area contributed by atoms with E-state index in [9.17, 15) is 0 Å². The number of hydrogen-bond donors (Lipinski definition) is 2. The maximum Gasteiger partial charge on any atom is 0.0307 e. The maximum absolute atomic E-state index is 5.68. The zero-order chi connectivity index (χ0) is 10.7. The van der Waals surface area contributed by atoms with Gasteiger partial charge in [-0.3, -0.25) is 11.3 Å². The van der Waals surface area contributed by atoms with Crippen LogP contribution >= 0.6 is 0 Å². The highest BCUT2D eigenvalue weighted by atomic mass is 15.2. The summed E-state index contributed by atoms with van der Waals surface area (Å²) in [6.45, 7) is 2.24. The molecule has 1 fully saturated rings. The predicted molar refractivity (Wildman–Crippen MR) is 63.3 cm³/mol. The smallest absolute Gasteiger partial charge is 0.0307 e. The molecular formula is C13H20N2. The Bertz CT molecular complexity index is 293. The van der Waals surface area contributed by atoms with Crippen LogP contribution in [0.15, 0.2) is 30.3 Å². The fourth-order valence-corrected chi connectivity index (χ4v) is 2.43. The minimum atomic E-state index is 0.456. The fraction of sp³-hybridized carbons (Fsp3) is 0.538. The minimum Gasteiger partial charge on any atom is -0.271 e. The van der Waals surface area contributed by atoms with E-state index in [1.165, 1.54) is 18.4 Å². The second kappa shape index (κ2) is 4.77. The van der Waals surface area contributed by atoms with Crippen LogP contribution in [0.2, 0.25) is 0 Å². The van der Waals surface area contributed by atoms with Crippen LogP contribution in [0.3, 0.4) is 0 Å². The van der Waals surface area contributed by atoms with E-state index in [1.807, 2.05) is 0 Å². The first-order valence-electron chi connectivity index (χ1n) is 5.88. The molecule has 15 heavy (non-hydrogen) atoms. The van der Waals surface area contributed by atoms with Crippen LogP contribution in [0.25, 0.3) is 0 Å². The first kappa shape index (κ1) is 10.7. The molecule has 0 radical (unpaired) electrons. The van der Waals surface area contributed by atoms with Gasteiger partial charge in [-0.15, -0.1) is 0 Å². The summed E-state index contributed by atoms with van der Waals surface area (Å²) < 4.78 is 0. The van der Waals surface area contributed by atoms with E-state index >= 15 is 0 Å². The minimum absolute atomic E-state index is 0.456. The van der Waals surface area contributed by atoms with Gasteiger partial charge in [0.1, 0.15) is 0 Å². The third-order valence-corrected chi connectivity index (χ3v) is 3.42. The maximum atomic E-state index is 5.68. The van der Waals surface area contributed by atoms with E-state index in [0.717, 1.165) is 12.3 Å². The molecule has 0 spiro atoms. The van der Waals surface area contributed by atoms with Crippen LogP contribution in [0, 0.1) is 5.92 Å². The van der Waals surface area contributed by atoms with Crippen LogP contribution in [0.1, 0.15) is 37.7 Å². The summed E-state index contributed by atoms with van der Waals surface area (Å²) in [7, 11) is 0. The molecule has 2 atom stereocenters. The number of hydrazine groups is 1. The normalized spacial score (nSPS) is 19.9. The van der Waals surface area contributed by atoms with Crippen LogP contribution in [-0.4, -0.2) is 6.04 Å². The van der Waals surface area contributed by atoms with Gasteiger partial charge < -0.3 is 0 Å². The quantitative estimate of drug-likeness (QED) is 0.571. The molecule has 0 amide bonds. The molecule has 0 bridgehead atoms. The lowest BCUT2D eigenvalue weighted by Gasteiger charge is -2.26. The Kier molecular flexibility index (Phi) is 3.39. The molecule has 1 aromatic carbocycles. The standard InChI is InChI=1S/C13H20N2/c1-2-12(10-6-4-3-5-7-10)13(15-14)11-8-9-11/h3-7,11-13,15H,2,8-9,14H2,1H3. The second-order valence-electron chi connectivity index (χ2n) is 4.46. The van der Waals surface area contributed by atoms with Gasteiger partial charge in [-0.2, -0.15) is 0 Å². The van der Waals surface area contributed by atoms with Gasteiger partial charge in [0.05, 0.1) is 0 Å². The number of nitrogens with one attached hydrogen (secondary N) is 1. The summed E-state index contributed by atoms with van der Waals surface area (Å²) in [5, 5.41) is 0. The van der Waals surface area contributed by atoms with Gasteiger partial charge in [-0.05, 0) is 30.7 Å². The lowest BCUT2D eigenvalue weighted by Crippen LogP contribution is -2.41. The van der Waals surface area contributed by atoms with Crippen molar-refractivity contribution >= 4 is 0 Å². The molecular weight excluding hydrogens is 184 g/mol. The van der Waals surface area contributed by atoms with Crippen LogP contribution in [-0.2, 0) is 0 Å². The zero-order valence-corrected chi connectivity index (χ0v) is 9.32. The number of hydrogen-bond acceptors (Lipinski definition) is 2.